The van der Waals surface area contributed by atoms with E-state index in [-0.39, 0.29) is 12.1 Å². The highest BCUT2D eigenvalue weighted by atomic mass is 16.2. The first kappa shape index (κ1) is 16.6. The number of benzene rings is 1. The Morgan fingerprint density at radius 2 is 2.22 bits per heavy atom. The van der Waals surface area contributed by atoms with E-state index in [0.717, 1.165) is 29.7 Å². The van der Waals surface area contributed by atoms with E-state index < -0.39 is 0 Å². The maximum Gasteiger partial charge on any atom is 0.319 e. The third-order valence-corrected chi connectivity index (χ3v) is 3.70. The minimum atomic E-state index is -0.264. The summed E-state index contributed by atoms with van der Waals surface area (Å²) in [4.78, 5) is 12.3. The molecule has 1 heterocycles. The van der Waals surface area contributed by atoms with E-state index in [1.54, 1.807) is 29.1 Å². The van der Waals surface area contributed by atoms with Crippen LogP contribution in [0, 0.1) is 11.3 Å². The van der Waals surface area contributed by atoms with Gasteiger partial charge < -0.3 is 10.6 Å². The first-order valence-corrected chi connectivity index (χ1v) is 7.66. The topological polar surface area (TPSA) is 82.7 Å². The first-order chi connectivity index (χ1) is 11.1. The maximum atomic E-state index is 12.3. The summed E-state index contributed by atoms with van der Waals surface area (Å²) in [6, 6.07) is 7.02. The fourth-order valence-electron chi connectivity index (χ4n) is 2.44. The highest BCUT2D eigenvalue weighted by Gasteiger charge is 2.15. The fourth-order valence-corrected chi connectivity index (χ4v) is 2.44. The van der Waals surface area contributed by atoms with Gasteiger partial charge in [0.15, 0.2) is 0 Å². The number of urea groups is 1. The van der Waals surface area contributed by atoms with Gasteiger partial charge in [-0.05, 0) is 36.6 Å². The Balaban J connectivity index is 2.08. The quantitative estimate of drug-likeness (QED) is 0.890. The van der Waals surface area contributed by atoms with Crippen molar-refractivity contribution in [2.75, 3.05) is 5.32 Å². The van der Waals surface area contributed by atoms with Crippen molar-refractivity contribution in [3.8, 4) is 6.07 Å². The summed E-state index contributed by atoms with van der Waals surface area (Å²) in [7, 11) is 1.85. The molecule has 6 nitrogen and oxygen atoms in total. The van der Waals surface area contributed by atoms with Crippen LogP contribution in [0.5, 0.6) is 0 Å². The molecule has 0 aliphatic carbocycles. The third-order valence-electron chi connectivity index (χ3n) is 3.70. The van der Waals surface area contributed by atoms with Crippen LogP contribution in [-0.2, 0) is 13.5 Å². The van der Waals surface area contributed by atoms with Gasteiger partial charge >= 0.3 is 6.03 Å². The number of amides is 2. The molecule has 1 aromatic heterocycles. The Kier molecular flexibility index (Phi) is 5.36. The lowest BCUT2D eigenvalue weighted by molar-refractivity contribution is 0.248. The number of nitrogens with zero attached hydrogens (tertiary/aromatic N) is 3. The summed E-state index contributed by atoms with van der Waals surface area (Å²) < 4.78 is 1.72. The van der Waals surface area contributed by atoms with Crippen molar-refractivity contribution in [1.29, 1.82) is 5.26 Å². The number of rotatable bonds is 5. The smallest absolute Gasteiger partial charge is 0.319 e. The number of aryl methyl sites for hydroxylation is 2. The summed E-state index contributed by atoms with van der Waals surface area (Å²) in [5, 5.41) is 18.9. The van der Waals surface area contributed by atoms with Gasteiger partial charge in [0.1, 0.15) is 0 Å². The molecule has 0 spiro atoms. The van der Waals surface area contributed by atoms with Gasteiger partial charge in [0.25, 0.3) is 0 Å². The number of nitriles is 1. The molecule has 6 heteroatoms. The monoisotopic (exact) mass is 311 g/mol. The average molecular weight is 311 g/mol. The molecular weight excluding hydrogens is 290 g/mol. The lowest BCUT2D eigenvalue weighted by Crippen LogP contribution is -2.32. The third kappa shape index (κ3) is 4.10. The van der Waals surface area contributed by atoms with Crippen LogP contribution in [0.3, 0.4) is 0 Å². The van der Waals surface area contributed by atoms with Gasteiger partial charge in [-0.2, -0.15) is 10.4 Å². The molecule has 2 amide bonds. The second-order valence-electron chi connectivity index (χ2n) is 5.34. The van der Waals surface area contributed by atoms with E-state index in [0.29, 0.717) is 5.56 Å². The molecule has 0 radical (unpaired) electrons. The normalized spacial score (nSPS) is 11.6. The van der Waals surface area contributed by atoms with Crippen LogP contribution < -0.4 is 10.6 Å². The molecule has 0 fully saturated rings. The number of nitrogens with one attached hydrogen (secondary N) is 2. The number of anilines is 1. The molecule has 0 aliphatic heterocycles. The molecule has 0 aliphatic rings. The van der Waals surface area contributed by atoms with E-state index in [1.807, 2.05) is 27.1 Å². The van der Waals surface area contributed by atoms with Gasteiger partial charge in [-0.15, -0.1) is 0 Å². The minimum Gasteiger partial charge on any atom is -0.331 e. The summed E-state index contributed by atoms with van der Waals surface area (Å²) in [5.41, 5.74) is 3.23. The van der Waals surface area contributed by atoms with E-state index in [2.05, 4.69) is 21.8 Å². The van der Waals surface area contributed by atoms with Crippen LogP contribution in [0.25, 0.3) is 0 Å². The van der Waals surface area contributed by atoms with Crippen molar-refractivity contribution in [2.24, 2.45) is 7.05 Å². The van der Waals surface area contributed by atoms with E-state index in [1.165, 1.54) is 0 Å². The van der Waals surface area contributed by atoms with Crippen molar-refractivity contribution >= 4 is 11.7 Å². The number of hydrogen-bond acceptors (Lipinski definition) is 3. The Bertz CT molecular complexity index is 729. The van der Waals surface area contributed by atoms with Crippen LogP contribution >= 0.6 is 0 Å². The molecule has 120 valence electrons. The van der Waals surface area contributed by atoms with Crippen molar-refractivity contribution in [1.82, 2.24) is 15.1 Å². The van der Waals surface area contributed by atoms with Crippen LogP contribution in [-0.4, -0.2) is 15.8 Å². The molecular formula is C17H21N5O. The Labute approximate surface area is 136 Å². The van der Waals surface area contributed by atoms with Gasteiger partial charge in [0, 0.05) is 24.5 Å². The second kappa shape index (κ2) is 7.45. The molecule has 1 atom stereocenters. The van der Waals surface area contributed by atoms with E-state index >= 15 is 0 Å². The first-order valence-electron chi connectivity index (χ1n) is 7.66. The Morgan fingerprint density at radius 3 is 2.78 bits per heavy atom. The number of carbonyl (C=O) groups is 1. The molecule has 2 N–H and O–H groups in total. The summed E-state index contributed by atoms with van der Waals surface area (Å²) in [6.07, 6.45) is 5.17. The van der Waals surface area contributed by atoms with Crippen molar-refractivity contribution in [3.63, 3.8) is 0 Å². The highest BCUT2D eigenvalue weighted by molar-refractivity contribution is 5.90. The fraction of sp³-hybridized carbons (Fsp3) is 0.353. The van der Waals surface area contributed by atoms with Gasteiger partial charge in [0.2, 0.25) is 0 Å². The zero-order valence-electron chi connectivity index (χ0n) is 13.6. The van der Waals surface area contributed by atoms with Gasteiger partial charge in [-0.3, -0.25) is 4.68 Å². The van der Waals surface area contributed by atoms with Gasteiger partial charge in [-0.1, -0.05) is 13.8 Å². The lowest BCUT2D eigenvalue weighted by atomic mass is 10.1. The van der Waals surface area contributed by atoms with Crippen LogP contribution in [0.2, 0.25) is 0 Å². The van der Waals surface area contributed by atoms with Crippen LogP contribution in [0.15, 0.2) is 30.6 Å². The average Bonchev–Trinajstić information content (AvgIpc) is 2.99. The lowest BCUT2D eigenvalue weighted by Gasteiger charge is -2.17. The van der Waals surface area contributed by atoms with Crippen LogP contribution in [0.4, 0.5) is 10.5 Å². The zero-order chi connectivity index (χ0) is 16.8. The van der Waals surface area contributed by atoms with Crippen molar-refractivity contribution in [3.05, 3.63) is 47.3 Å². The summed E-state index contributed by atoms with van der Waals surface area (Å²) in [5.74, 6) is 0. The van der Waals surface area contributed by atoms with Gasteiger partial charge in [-0.25, -0.2) is 4.79 Å². The number of carbonyl (C=O) groups excluding carboxylic acids is 1. The number of aromatic nitrogens is 2. The van der Waals surface area contributed by atoms with E-state index in [4.69, 9.17) is 5.26 Å². The second-order valence-corrected chi connectivity index (χ2v) is 5.34. The molecule has 0 unspecified atom stereocenters. The predicted octanol–water partition coefficient (Wildman–Crippen LogP) is 3.13. The zero-order valence-corrected chi connectivity index (χ0v) is 13.6. The SMILES string of the molecule is CCc1cc(C#N)ccc1NC(=O)N[C@H](CC)c1cnn(C)c1. The van der Waals surface area contributed by atoms with E-state index in [9.17, 15) is 4.79 Å². The number of hydrogen-bond donors (Lipinski definition) is 2. The molecule has 0 bridgehead atoms. The Hall–Kier alpha value is -2.81. The Morgan fingerprint density at radius 1 is 1.43 bits per heavy atom. The molecule has 23 heavy (non-hydrogen) atoms. The van der Waals surface area contributed by atoms with Crippen LogP contribution in [0.1, 0.15) is 43.0 Å². The molecule has 0 saturated carbocycles. The maximum absolute atomic E-state index is 12.3. The highest BCUT2D eigenvalue weighted by Crippen LogP contribution is 2.19. The van der Waals surface area contributed by atoms with Crippen molar-refractivity contribution < 1.29 is 4.79 Å². The minimum absolute atomic E-state index is 0.0906. The molecule has 1 aromatic carbocycles. The van der Waals surface area contributed by atoms with Gasteiger partial charge in [0.05, 0.1) is 23.9 Å². The summed E-state index contributed by atoms with van der Waals surface area (Å²) >= 11 is 0. The van der Waals surface area contributed by atoms with Crippen molar-refractivity contribution in [2.45, 2.75) is 32.7 Å². The standard InChI is InChI=1S/C17H21N5O/c1-4-13-8-12(9-18)6-7-16(13)21-17(23)20-15(5-2)14-10-19-22(3)11-14/h6-8,10-11,15H,4-5H2,1-3H3,(H2,20,21,23)/t15-/m1/s1. The largest absolute Gasteiger partial charge is 0.331 e. The molecule has 2 rings (SSSR count). The predicted molar refractivity (Wildman–Crippen MR) is 88.9 cm³/mol. The molecule has 2 aromatic rings. The summed E-state index contributed by atoms with van der Waals surface area (Å²) in [6.45, 7) is 4.00. The molecule has 0 saturated heterocycles.